The Hall–Kier alpha value is -2.64. The van der Waals surface area contributed by atoms with Crippen molar-refractivity contribution in [1.82, 2.24) is 9.88 Å². The number of hydrogen-bond donors (Lipinski definition) is 1. The summed E-state index contributed by atoms with van der Waals surface area (Å²) in [4.78, 5) is 7.25. The van der Waals surface area contributed by atoms with Crippen LogP contribution in [0.4, 0.5) is 10.1 Å². The van der Waals surface area contributed by atoms with Gasteiger partial charge in [-0.15, -0.1) is 0 Å². The van der Waals surface area contributed by atoms with E-state index in [0.717, 1.165) is 67.3 Å². The molecule has 1 unspecified atom stereocenters. The van der Waals surface area contributed by atoms with E-state index in [2.05, 4.69) is 17.1 Å². The lowest BCUT2D eigenvalue weighted by Gasteiger charge is -2.39. The zero-order valence-electron chi connectivity index (χ0n) is 18.2. The number of rotatable bonds is 5. The van der Waals surface area contributed by atoms with Crippen LogP contribution in [0.15, 0.2) is 40.8 Å². The van der Waals surface area contributed by atoms with Crippen molar-refractivity contribution < 1.29 is 18.3 Å². The number of nitrogens with one attached hydrogen (secondary N) is 1. The Kier molecular flexibility index (Phi) is 5.03. The standard InChI is InChI=1S/C25H28FN3O3/c1-15-12-29(9-10-30-15)13-17-14-31-22-11-18(26)7-8-19(22)23(17)27-20-3-2-4-21-24(20)28-25(32-21)16-5-6-16/h2-4,7-8,11,15-17,23,27H,5-6,9-10,12-14H2,1H3/t15-,17?,23-/m1/s1. The van der Waals surface area contributed by atoms with E-state index in [1.165, 1.54) is 12.1 Å². The van der Waals surface area contributed by atoms with Crippen LogP contribution in [0.25, 0.3) is 11.1 Å². The van der Waals surface area contributed by atoms with Crippen LogP contribution < -0.4 is 10.1 Å². The maximum Gasteiger partial charge on any atom is 0.198 e. The van der Waals surface area contributed by atoms with Gasteiger partial charge in [-0.2, -0.15) is 0 Å². The third-order valence-corrected chi connectivity index (χ3v) is 6.73. The van der Waals surface area contributed by atoms with E-state index < -0.39 is 0 Å². The van der Waals surface area contributed by atoms with Crippen LogP contribution in [0.3, 0.4) is 0 Å². The van der Waals surface area contributed by atoms with Crippen LogP contribution in [-0.4, -0.2) is 48.8 Å². The molecule has 1 saturated heterocycles. The van der Waals surface area contributed by atoms with Gasteiger partial charge in [-0.05, 0) is 38.0 Å². The van der Waals surface area contributed by atoms with Crippen LogP contribution in [0.5, 0.6) is 5.75 Å². The molecule has 0 amide bonds. The molecule has 2 aromatic carbocycles. The van der Waals surface area contributed by atoms with Crippen molar-refractivity contribution in [3.05, 3.63) is 53.7 Å². The molecule has 0 spiro atoms. The number of halogens is 1. The molecule has 7 heteroatoms. The largest absolute Gasteiger partial charge is 0.493 e. The second-order valence-corrected chi connectivity index (χ2v) is 9.29. The van der Waals surface area contributed by atoms with Gasteiger partial charge in [0.05, 0.1) is 31.0 Å². The van der Waals surface area contributed by atoms with Gasteiger partial charge >= 0.3 is 0 Å². The van der Waals surface area contributed by atoms with Gasteiger partial charge in [0.25, 0.3) is 0 Å². The number of ether oxygens (including phenoxy) is 2. The van der Waals surface area contributed by atoms with Gasteiger partial charge in [0.1, 0.15) is 17.1 Å². The van der Waals surface area contributed by atoms with Crippen molar-refractivity contribution in [3.63, 3.8) is 0 Å². The fourth-order valence-electron chi connectivity index (χ4n) is 4.93. The Balaban J connectivity index is 1.33. The van der Waals surface area contributed by atoms with E-state index in [4.69, 9.17) is 18.9 Å². The van der Waals surface area contributed by atoms with Gasteiger partial charge in [0.15, 0.2) is 11.5 Å². The maximum atomic E-state index is 13.9. The summed E-state index contributed by atoms with van der Waals surface area (Å²) < 4.78 is 31.7. The molecule has 168 valence electrons. The fourth-order valence-corrected chi connectivity index (χ4v) is 4.93. The lowest BCUT2D eigenvalue weighted by molar-refractivity contribution is -0.0271. The zero-order valence-corrected chi connectivity index (χ0v) is 18.2. The molecule has 6 rings (SSSR count). The SMILES string of the molecule is C[C@@H]1CN(CC2COc3cc(F)ccc3[C@@H]2Nc2cccc3oc(C4CC4)nc23)CCO1. The van der Waals surface area contributed by atoms with Crippen LogP contribution in [0.2, 0.25) is 0 Å². The molecule has 3 atom stereocenters. The molecule has 2 fully saturated rings. The molecular weight excluding hydrogens is 409 g/mol. The van der Waals surface area contributed by atoms with Crippen molar-refractivity contribution in [2.45, 2.75) is 37.8 Å². The van der Waals surface area contributed by atoms with Crippen LogP contribution in [-0.2, 0) is 4.74 Å². The highest BCUT2D eigenvalue weighted by Crippen LogP contribution is 2.43. The summed E-state index contributed by atoms with van der Waals surface area (Å²) in [6.45, 7) is 6.08. The Morgan fingerprint density at radius 3 is 2.97 bits per heavy atom. The molecule has 1 saturated carbocycles. The molecule has 2 aliphatic heterocycles. The fraction of sp³-hybridized carbons (Fsp3) is 0.480. The van der Waals surface area contributed by atoms with Gasteiger partial charge in [-0.3, -0.25) is 4.90 Å². The summed E-state index contributed by atoms with van der Waals surface area (Å²) in [5.74, 6) is 1.82. The number of aromatic nitrogens is 1. The van der Waals surface area contributed by atoms with Crippen molar-refractivity contribution in [2.75, 3.05) is 38.2 Å². The lowest BCUT2D eigenvalue weighted by Crippen LogP contribution is -2.46. The summed E-state index contributed by atoms with van der Waals surface area (Å²) in [6.07, 6.45) is 2.52. The number of para-hydroxylation sites is 1. The third kappa shape index (κ3) is 3.84. The second-order valence-electron chi connectivity index (χ2n) is 9.29. The molecule has 1 N–H and O–H groups in total. The maximum absolute atomic E-state index is 13.9. The summed E-state index contributed by atoms with van der Waals surface area (Å²) in [7, 11) is 0. The Morgan fingerprint density at radius 2 is 2.12 bits per heavy atom. The Morgan fingerprint density at radius 1 is 1.22 bits per heavy atom. The van der Waals surface area contributed by atoms with E-state index in [1.54, 1.807) is 0 Å². The summed E-state index contributed by atoms with van der Waals surface area (Å²) in [6, 6.07) is 10.8. The minimum Gasteiger partial charge on any atom is -0.493 e. The van der Waals surface area contributed by atoms with Crippen molar-refractivity contribution in [1.29, 1.82) is 0 Å². The molecule has 32 heavy (non-hydrogen) atoms. The third-order valence-electron chi connectivity index (χ3n) is 6.73. The predicted molar refractivity (Wildman–Crippen MR) is 120 cm³/mol. The van der Waals surface area contributed by atoms with E-state index in [-0.39, 0.29) is 23.9 Å². The Bertz CT molecular complexity index is 1130. The topological polar surface area (TPSA) is 59.8 Å². The highest BCUT2D eigenvalue weighted by molar-refractivity contribution is 5.87. The van der Waals surface area contributed by atoms with Crippen molar-refractivity contribution >= 4 is 16.8 Å². The molecule has 1 aromatic heterocycles. The van der Waals surface area contributed by atoms with Gasteiger partial charge < -0.3 is 19.2 Å². The summed E-state index contributed by atoms with van der Waals surface area (Å²) in [5.41, 5.74) is 3.60. The number of nitrogens with zero attached hydrogens (tertiary/aromatic N) is 2. The number of hydrogen-bond acceptors (Lipinski definition) is 6. The average Bonchev–Trinajstić information content (AvgIpc) is 3.54. The highest BCUT2D eigenvalue weighted by atomic mass is 19.1. The van der Waals surface area contributed by atoms with Crippen LogP contribution in [0.1, 0.15) is 43.2 Å². The van der Waals surface area contributed by atoms with Crippen LogP contribution >= 0.6 is 0 Å². The predicted octanol–water partition coefficient (Wildman–Crippen LogP) is 4.73. The van der Waals surface area contributed by atoms with E-state index in [1.807, 2.05) is 24.3 Å². The van der Waals surface area contributed by atoms with Gasteiger partial charge in [0, 0.05) is 43.1 Å². The molecule has 1 aliphatic carbocycles. The van der Waals surface area contributed by atoms with Crippen molar-refractivity contribution in [3.8, 4) is 5.75 Å². The van der Waals surface area contributed by atoms with Gasteiger partial charge in [-0.25, -0.2) is 9.37 Å². The molecular formula is C25H28FN3O3. The minimum absolute atomic E-state index is 0.0239. The number of morpholine rings is 1. The molecule has 0 bridgehead atoms. The lowest BCUT2D eigenvalue weighted by atomic mass is 9.89. The molecule has 3 aromatic rings. The highest BCUT2D eigenvalue weighted by Gasteiger charge is 2.35. The number of benzene rings is 2. The van der Waals surface area contributed by atoms with Crippen molar-refractivity contribution in [2.24, 2.45) is 5.92 Å². The number of anilines is 1. The van der Waals surface area contributed by atoms with E-state index >= 15 is 0 Å². The first kappa shape index (κ1) is 20.0. The first-order valence-electron chi connectivity index (χ1n) is 11.6. The normalized spacial score (nSPS) is 26.0. The summed E-state index contributed by atoms with van der Waals surface area (Å²) >= 11 is 0. The molecule has 3 aliphatic rings. The minimum atomic E-state index is -0.282. The van der Waals surface area contributed by atoms with E-state index in [9.17, 15) is 4.39 Å². The molecule has 6 nitrogen and oxygen atoms in total. The summed E-state index contributed by atoms with van der Waals surface area (Å²) in [5, 5.41) is 3.74. The van der Waals surface area contributed by atoms with Gasteiger partial charge in [0.2, 0.25) is 0 Å². The first-order valence-corrected chi connectivity index (χ1v) is 11.6. The second kappa shape index (κ2) is 8.05. The quantitative estimate of drug-likeness (QED) is 0.623. The monoisotopic (exact) mass is 437 g/mol. The molecule has 3 heterocycles. The first-order chi connectivity index (χ1) is 15.6. The van der Waals surface area contributed by atoms with Crippen LogP contribution in [0, 0.1) is 11.7 Å². The Labute approximate surface area is 186 Å². The smallest absolute Gasteiger partial charge is 0.198 e. The number of oxazole rings is 1. The molecule has 0 radical (unpaired) electrons. The van der Waals surface area contributed by atoms with E-state index in [0.29, 0.717) is 18.3 Å². The average molecular weight is 438 g/mol. The van der Waals surface area contributed by atoms with Gasteiger partial charge in [-0.1, -0.05) is 12.1 Å². The zero-order chi connectivity index (χ0) is 21.7. The number of fused-ring (bicyclic) bond motifs is 2.